The van der Waals surface area contributed by atoms with Crippen molar-refractivity contribution in [2.24, 2.45) is 5.14 Å². The van der Waals surface area contributed by atoms with Crippen LogP contribution in [0.15, 0.2) is 76.5 Å². The van der Waals surface area contributed by atoms with Crippen LogP contribution in [0.4, 0.5) is 5.69 Å². The first kappa shape index (κ1) is 27.6. The standard InChI is InChI=1S/C24H26ClN3O6S2/c1-2-17(18-6-4-3-5-7-18)15-27-22-13-21(25)23(12-20(22)24(29)30)36(33,34)28-14-16-8-10-19(11-9-16)35(26,31)32/h3-13,17,27-28H,2,14-15H2,1H3,(H,29,30)(H2,26,31,32). The lowest BCUT2D eigenvalue weighted by atomic mass is 9.96. The van der Waals surface area contributed by atoms with Crippen LogP contribution in [0.3, 0.4) is 0 Å². The third-order valence-electron chi connectivity index (χ3n) is 5.61. The SMILES string of the molecule is CCC(CNc1cc(Cl)c(S(=O)(=O)NCc2ccc(S(N)(=O)=O)cc2)cc1C(=O)O)c1ccccc1. The van der Waals surface area contributed by atoms with Crippen LogP contribution in [0, 0.1) is 0 Å². The number of carboxylic acids is 1. The molecule has 3 rings (SSSR count). The lowest BCUT2D eigenvalue weighted by molar-refractivity contribution is 0.0697. The number of rotatable bonds is 11. The summed E-state index contributed by atoms with van der Waals surface area (Å²) in [6.45, 7) is 2.27. The molecule has 5 N–H and O–H groups in total. The van der Waals surface area contributed by atoms with E-state index >= 15 is 0 Å². The number of primary sulfonamides is 1. The molecule has 0 saturated heterocycles. The molecule has 0 aromatic heterocycles. The molecule has 12 heteroatoms. The Morgan fingerprint density at radius 1 is 1.03 bits per heavy atom. The number of anilines is 1. The quantitative estimate of drug-likeness (QED) is 0.282. The van der Waals surface area contributed by atoms with E-state index in [9.17, 15) is 26.7 Å². The Balaban J connectivity index is 1.81. The number of nitrogens with one attached hydrogen (secondary N) is 2. The predicted molar refractivity (Wildman–Crippen MR) is 138 cm³/mol. The van der Waals surface area contributed by atoms with E-state index in [0.29, 0.717) is 12.1 Å². The van der Waals surface area contributed by atoms with Gasteiger partial charge in [0.25, 0.3) is 0 Å². The molecule has 0 radical (unpaired) electrons. The fourth-order valence-corrected chi connectivity index (χ4v) is 5.68. The summed E-state index contributed by atoms with van der Waals surface area (Å²) in [4.78, 5) is 11.4. The molecule has 0 bridgehead atoms. The van der Waals surface area contributed by atoms with Crippen molar-refractivity contribution in [2.45, 2.75) is 35.6 Å². The molecule has 3 aromatic rings. The third kappa shape index (κ3) is 6.83. The van der Waals surface area contributed by atoms with Gasteiger partial charge in [-0.1, -0.05) is 61.0 Å². The molecule has 0 fully saturated rings. The molecule has 1 unspecified atom stereocenters. The van der Waals surface area contributed by atoms with Crippen LogP contribution >= 0.6 is 11.6 Å². The number of nitrogens with two attached hydrogens (primary N) is 1. The van der Waals surface area contributed by atoms with Crippen LogP contribution in [0.2, 0.25) is 5.02 Å². The van der Waals surface area contributed by atoms with E-state index < -0.39 is 26.0 Å². The normalized spacial score (nSPS) is 12.8. The first-order valence-electron chi connectivity index (χ1n) is 10.9. The molecule has 0 heterocycles. The van der Waals surface area contributed by atoms with Gasteiger partial charge in [-0.05, 0) is 41.8 Å². The summed E-state index contributed by atoms with van der Waals surface area (Å²) >= 11 is 6.28. The average molecular weight is 552 g/mol. The van der Waals surface area contributed by atoms with Crippen LogP contribution in [0.25, 0.3) is 0 Å². The highest BCUT2D eigenvalue weighted by atomic mass is 35.5. The first-order chi connectivity index (χ1) is 16.9. The maximum absolute atomic E-state index is 12.9. The minimum Gasteiger partial charge on any atom is -0.478 e. The van der Waals surface area contributed by atoms with E-state index in [4.69, 9.17) is 16.7 Å². The van der Waals surface area contributed by atoms with Crippen LogP contribution in [0.5, 0.6) is 0 Å². The summed E-state index contributed by atoms with van der Waals surface area (Å²) in [5.41, 5.74) is 1.53. The summed E-state index contributed by atoms with van der Waals surface area (Å²) in [7, 11) is -8.07. The van der Waals surface area contributed by atoms with Gasteiger partial charge in [-0.15, -0.1) is 0 Å². The van der Waals surface area contributed by atoms with Gasteiger partial charge in [-0.2, -0.15) is 0 Å². The van der Waals surface area contributed by atoms with Crippen molar-refractivity contribution in [3.05, 3.63) is 88.4 Å². The Morgan fingerprint density at radius 2 is 1.67 bits per heavy atom. The summed E-state index contributed by atoms with van der Waals surface area (Å²) < 4.78 is 50.9. The summed E-state index contributed by atoms with van der Waals surface area (Å²) in [6, 6.07) is 17.4. The van der Waals surface area contributed by atoms with E-state index in [0.717, 1.165) is 18.1 Å². The van der Waals surface area contributed by atoms with Crippen molar-refractivity contribution in [3.8, 4) is 0 Å². The molecule has 0 aliphatic heterocycles. The van der Waals surface area contributed by atoms with Crippen LogP contribution in [0.1, 0.15) is 40.7 Å². The Kier molecular flexibility index (Phi) is 8.75. The predicted octanol–water partition coefficient (Wildman–Crippen LogP) is 3.77. The van der Waals surface area contributed by atoms with Gasteiger partial charge in [0.1, 0.15) is 4.90 Å². The van der Waals surface area contributed by atoms with E-state index in [-0.39, 0.29) is 38.5 Å². The number of benzene rings is 3. The van der Waals surface area contributed by atoms with E-state index in [2.05, 4.69) is 10.0 Å². The maximum Gasteiger partial charge on any atom is 0.337 e. The molecule has 1 atom stereocenters. The van der Waals surface area contributed by atoms with Crippen molar-refractivity contribution in [2.75, 3.05) is 11.9 Å². The lowest BCUT2D eigenvalue weighted by Gasteiger charge is -2.19. The zero-order valence-electron chi connectivity index (χ0n) is 19.3. The zero-order valence-corrected chi connectivity index (χ0v) is 21.7. The largest absolute Gasteiger partial charge is 0.478 e. The summed E-state index contributed by atoms with van der Waals surface area (Å²) in [5, 5.41) is 17.7. The van der Waals surface area contributed by atoms with Crippen LogP contribution in [-0.2, 0) is 26.6 Å². The number of hydrogen-bond donors (Lipinski definition) is 4. The van der Waals surface area contributed by atoms with Gasteiger partial charge in [0, 0.05) is 19.0 Å². The van der Waals surface area contributed by atoms with Gasteiger partial charge in [0.15, 0.2) is 0 Å². The lowest BCUT2D eigenvalue weighted by Crippen LogP contribution is -2.24. The highest BCUT2D eigenvalue weighted by Crippen LogP contribution is 2.30. The van der Waals surface area contributed by atoms with Crippen molar-refractivity contribution in [1.82, 2.24) is 4.72 Å². The molecule has 0 aliphatic rings. The van der Waals surface area contributed by atoms with Gasteiger partial charge < -0.3 is 10.4 Å². The Labute approximate surface area is 215 Å². The Bertz CT molecular complexity index is 1450. The maximum atomic E-state index is 12.9. The van der Waals surface area contributed by atoms with Gasteiger partial charge in [-0.3, -0.25) is 0 Å². The summed E-state index contributed by atoms with van der Waals surface area (Å²) in [5.74, 6) is -1.20. The average Bonchev–Trinajstić information content (AvgIpc) is 2.83. The Hall–Kier alpha value is -2.96. The highest BCUT2D eigenvalue weighted by Gasteiger charge is 2.23. The van der Waals surface area contributed by atoms with Crippen LogP contribution < -0.4 is 15.2 Å². The molecule has 3 aromatic carbocycles. The minimum atomic E-state index is -4.20. The molecule has 0 aliphatic carbocycles. The van der Waals surface area contributed by atoms with Crippen molar-refractivity contribution in [1.29, 1.82) is 0 Å². The topological polar surface area (TPSA) is 156 Å². The van der Waals surface area contributed by atoms with Gasteiger partial charge in [-0.25, -0.2) is 31.5 Å². The van der Waals surface area contributed by atoms with Crippen molar-refractivity contribution in [3.63, 3.8) is 0 Å². The van der Waals surface area contributed by atoms with Gasteiger partial charge in [0.2, 0.25) is 20.0 Å². The fourth-order valence-electron chi connectivity index (χ4n) is 3.59. The van der Waals surface area contributed by atoms with E-state index in [1.807, 2.05) is 37.3 Å². The molecule has 0 amide bonds. The number of sulfonamides is 2. The number of halogens is 1. The molecule has 192 valence electrons. The highest BCUT2D eigenvalue weighted by molar-refractivity contribution is 7.89. The zero-order chi connectivity index (χ0) is 26.5. The smallest absolute Gasteiger partial charge is 0.337 e. The minimum absolute atomic E-state index is 0.107. The number of carbonyl (C=O) groups is 1. The van der Waals surface area contributed by atoms with Crippen molar-refractivity contribution >= 4 is 43.3 Å². The number of hydrogen-bond acceptors (Lipinski definition) is 6. The number of carboxylic acid groups (broad SMARTS) is 1. The fraction of sp³-hybridized carbons (Fsp3) is 0.208. The molecule has 0 spiro atoms. The second-order valence-electron chi connectivity index (χ2n) is 8.04. The van der Waals surface area contributed by atoms with Gasteiger partial charge >= 0.3 is 5.97 Å². The molecule has 9 nitrogen and oxygen atoms in total. The van der Waals surface area contributed by atoms with Gasteiger partial charge in [0.05, 0.1) is 21.2 Å². The Morgan fingerprint density at radius 3 is 2.22 bits per heavy atom. The van der Waals surface area contributed by atoms with Crippen molar-refractivity contribution < 1.29 is 26.7 Å². The first-order valence-corrected chi connectivity index (χ1v) is 14.3. The number of aromatic carboxylic acids is 1. The molecular weight excluding hydrogens is 526 g/mol. The molecular formula is C24H26ClN3O6S2. The van der Waals surface area contributed by atoms with Crippen LogP contribution in [-0.4, -0.2) is 34.5 Å². The second kappa shape index (κ2) is 11.4. The van der Waals surface area contributed by atoms with E-state index in [1.54, 1.807) is 0 Å². The monoisotopic (exact) mass is 551 g/mol. The molecule has 36 heavy (non-hydrogen) atoms. The van der Waals surface area contributed by atoms with E-state index in [1.165, 1.54) is 30.3 Å². The third-order valence-corrected chi connectivity index (χ3v) is 8.41. The summed E-state index contributed by atoms with van der Waals surface area (Å²) in [6.07, 6.45) is 0.807. The molecule has 0 saturated carbocycles. The second-order valence-corrected chi connectivity index (χ2v) is 11.7.